The van der Waals surface area contributed by atoms with Crippen molar-refractivity contribution in [3.63, 3.8) is 0 Å². The first-order valence-electron chi connectivity index (χ1n) is 4.15. The maximum Gasteiger partial charge on any atom is 0.131 e. The minimum atomic E-state index is -0.304. The summed E-state index contributed by atoms with van der Waals surface area (Å²) >= 11 is 5.95. The first-order valence-corrected chi connectivity index (χ1v) is 4.53. The molecule has 0 atom stereocenters. The van der Waals surface area contributed by atoms with Crippen LogP contribution in [0.1, 0.15) is 5.69 Å². The van der Waals surface area contributed by atoms with E-state index in [0.29, 0.717) is 21.5 Å². The molecular formula is C10H8ClFN2. The monoisotopic (exact) mass is 210 g/mol. The van der Waals surface area contributed by atoms with E-state index in [1.807, 2.05) is 0 Å². The van der Waals surface area contributed by atoms with Crippen molar-refractivity contribution in [1.29, 1.82) is 0 Å². The van der Waals surface area contributed by atoms with Gasteiger partial charge in [-0.1, -0.05) is 11.6 Å². The molecule has 0 saturated carbocycles. The molecule has 0 saturated heterocycles. The van der Waals surface area contributed by atoms with Gasteiger partial charge in [0.05, 0.1) is 10.7 Å². The predicted molar refractivity (Wildman–Crippen MR) is 54.6 cm³/mol. The standard InChI is InChI=1S/C10H8ClFN2/c11-7-1-2-8(12)6-3-4-14-9(5-13)10(6)7/h1-4H,5,13H2. The summed E-state index contributed by atoms with van der Waals surface area (Å²) in [6.45, 7) is 0.251. The summed E-state index contributed by atoms with van der Waals surface area (Å²) in [7, 11) is 0. The molecule has 1 aromatic carbocycles. The Labute approximate surface area is 85.5 Å². The van der Waals surface area contributed by atoms with Gasteiger partial charge in [0.1, 0.15) is 5.82 Å². The van der Waals surface area contributed by atoms with Crippen molar-refractivity contribution in [3.05, 3.63) is 40.9 Å². The fourth-order valence-corrected chi connectivity index (χ4v) is 1.72. The van der Waals surface area contributed by atoms with Crippen molar-refractivity contribution in [1.82, 2.24) is 4.98 Å². The third-order valence-corrected chi connectivity index (χ3v) is 2.41. The average molecular weight is 211 g/mol. The van der Waals surface area contributed by atoms with E-state index in [-0.39, 0.29) is 12.4 Å². The first-order chi connectivity index (χ1) is 6.74. The largest absolute Gasteiger partial charge is 0.325 e. The Hall–Kier alpha value is -1.19. The van der Waals surface area contributed by atoms with E-state index in [2.05, 4.69) is 4.98 Å². The van der Waals surface area contributed by atoms with E-state index in [1.165, 1.54) is 18.3 Å². The van der Waals surface area contributed by atoms with Crippen LogP contribution in [-0.4, -0.2) is 4.98 Å². The molecule has 0 aliphatic rings. The van der Waals surface area contributed by atoms with Crippen LogP contribution < -0.4 is 5.73 Å². The van der Waals surface area contributed by atoms with Gasteiger partial charge in [-0.2, -0.15) is 0 Å². The van der Waals surface area contributed by atoms with Gasteiger partial charge in [-0.25, -0.2) is 4.39 Å². The Bertz CT molecular complexity index is 485. The van der Waals surface area contributed by atoms with Crippen LogP contribution in [0, 0.1) is 5.82 Å². The molecule has 2 rings (SSSR count). The maximum atomic E-state index is 13.4. The zero-order valence-corrected chi connectivity index (χ0v) is 8.05. The Morgan fingerprint density at radius 2 is 2.14 bits per heavy atom. The smallest absolute Gasteiger partial charge is 0.131 e. The molecule has 0 fully saturated rings. The summed E-state index contributed by atoms with van der Waals surface area (Å²) in [5, 5.41) is 1.56. The number of hydrogen-bond donors (Lipinski definition) is 1. The highest BCUT2D eigenvalue weighted by atomic mass is 35.5. The molecule has 2 aromatic rings. The molecule has 0 aliphatic carbocycles. The predicted octanol–water partition coefficient (Wildman–Crippen LogP) is 2.49. The van der Waals surface area contributed by atoms with E-state index in [0.717, 1.165) is 0 Å². The van der Waals surface area contributed by atoms with E-state index in [1.54, 1.807) is 6.07 Å². The number of rotatable bonds is 1. The minimum Gasteiger partial charge on any atom is -0.325 e. The number of pyridine rings is 1. The zero-order valence-electron chi connectivity index (χ0n) is 7.30. The lowest BCUT2D eigenvalue weighted by Crippen LogP contribution is -2.01. The molecule has 0 amide bonds. The highest BCUT2D eigenvalue weighted by Gasteiger charge is 2.08. The Kier molecular flexibility index (Phi) is 2.35. The number of nitrogens with two attached hydrogens (primary N) is 1. The molecule has 0 spiro atoms. The van der Waals surface area contributed by atoms with Crippen molar-refractivity contribution in [2.75, 3.05) is 0 Å². The van der Waals surface area contributed by atoms with Gasteiger partial charge >= 0.3 is 0 Å². The first kappa shape index (κ1) is 9.37. The van der Waals surface area contributed by atoms with Crippen LogP contribution in [0.3, 0.4) is 0 Å². The third-order valence-electron chi connectivity index (χ3n) is 2.09. The second kappa shape index (κ2) is 3.52. The van der Waals surface area contributed by atoms with Crippen LogP contribution in [-0.2, 0) is 6.54 Å². The third kappa shape index (κ3) is 1.35. The SMILES string of the molecule is NCc1nccc2c(F)ccc(Cl)c12. The fraction of sp³-hybridized carbons (Fsp3) is 0.100. The van der Waals surface area contributed by atoms with Gasteiger partial charge in [-0.3, -0.25) is 4.98 Å². The summed E-state index contributed by atoms with van der Waals surface area (Å²) in [6.07, 6.45) is 1.53. The van der Waals surface area contributed by atoms with Gasteiger partial charge in [0.2, 0.25) is 0 Å². The van der Waals surface area contributed by atoms with Crippen molar-refractivity contribution in [2.24, 2.45) is 5.73 Å². The van der Waals surface area contributed by atoms with Crippen molar-refractivity contribution >= 4 is 22.4 Å². The van der Waals surface area contributed by atoms with Gasteiger partial charge in [0.15, 0.2) is 0 Å². The molecule has 14 heavy (non-hydrogen) atoms. The lowest BCUT2D eigenvalue weighted by atomic mass is 10.1. The number of benzene rings is 1. The van der Waals surface area contributed by atoms with E-state index in [4.69, 9.17) is 17.3 Å². The Balaban J connectivity index is 2.92. The molecule has 0 radical (unpaired) electrons. The van der Waals surface area contributed by atoms with Gasteiger partial charge < -0.3 is 5.73 Å². The summed E-state index contributed by atoms with van der Waals surface area (Å²) in [5.41, 5.74) is 6.11. The quantitative estimate of drug-likeness (QED) is 0.786. The van der Waals surface area contributed by atoms with Crippen LogP contribution in [0.5, 0.6) is 0 Å². The van der Waals surface area contributed by atoms with Gasteiger partial charge in [-0.05, 0) is 18.2 Å². The van der Waals surface area contributed by atoms with Gasteiger partial charge in [0, 0.05) is 23.5 Å². The minimum absolute atomic E-state index is 0.251. The Morgan fingerprint density at radius 1 is 1.36 bits per heavy atom. The number of halogens is 2. The van der Waals surface area contributed by atoms with Crippen LogP contribution >= 0.6 is 11.6 Å². The van der Waals surface area contributed by atoms with Crippen molar-refractivity contribution in [2.45, 2.75) is 6.54 Å². The summed E-state index contributed by atoms with van der Waals surface area (Å²) < 4.78 is 13.4. The molecule has 0 aliphatic heterocycles. The van der Waals surface area contributed by atoms with Crippen molar-refractivity contribution < 1.29 is 4.39 Å². The van der Waals surface area contributed by atoms with Crippen LogP contribution in [0.4, 0.5) is 4.39 Å². The summed E-state index contributed by atoms with van der Waals surface area (Å²) in [6, 6.07) is 4.45. The molecular weight excluding hydrogens is 203 g/mol. The molecule has 2 N–H and O–H groups in total. The number of nitrogens with zero attached hydrogens (tertiary/aromatic N) is 1. The fourth-order valence-electron chi connectivity index (χ4n) is 1.44. The highest BCUT2D eigenvalue weighted by molar-refractivity contribution is 6.35. The zero-order chi connectivity index (χ0) is 10.1. The van der Waals surface area contributed by atoms with Crippen LogP contribution in [0.2, 0.25) is 5.02 Å². The topological polar surface area (TPSA) is 38.9 Å². The number of aromatic nitrogens is 1. The average Bonchev–Trinajstić information content (AvgIpc) is 2.23. The molecule has 1 heterocycles. The van der Waals surface area contributed by atoms with Crippen LogP contribution in [0.25, 0.3) is 10.8 Å². The molecule has 0 bridgehead atoms. The van der Waals surface area contributed by atoms with Crippen LogP contribution in [0.15, 0.2) is 24.4 Å². The number of hydrogen-bond acceptors (Lipinski definition) is 2. The van der Waals surface area contributed by atoms with Gasteiger partial charge in [-0.15, -0.1) is 0 Å². The molecule has 2 nitrogen and oxygen atoms in total. The molecule has 72 valence electrons. The molecule has 0 unspecified atom stereocenters. The summed E-state index contributed by atoms with van der Waals surface area (Å²) in [5.74, 6) is -0.304. The molecule has 4 heteroatoms. The number of fused-ring (bicyclic) bond motifs is 1. The van der Waals surface area contributed by atoms with Crippen molar-refractivity contribution in [3.8, 4) is 0 Å². The molecule has 1 aromatic heterocycles. The lowest BCUT2D eigenvalue weighted by molar-refractivity contribution is 0.639. The highest BCUT2D eigenvalue weighted by Crippen LogP contribution is 2.27. The van der Waals surface area contributed by atoms with Gasteiger partial charge in [0.25, 0.3) is 0 Å². The maximum absolute atomic E-state index is 13.4. The Morgan fingerprint density at radius 3 is 2.86 bits per heavy atom. The lowest BCUT2D eigenvalue weighted by Gasteiger charge is -2.05. The normalized spacial score (nSPS) is 10.8. The van der Waals surface area contributed by atoms with E-state index >= 15 is 0 Å². The van der Waals surface area contributed by atoms with E-state index in [9.17, 15) is 4.39 Å². The summed E-state index contributed by atoms with van der Waals surface area (Å²) in [4.78, 5) is 4.05. The second-order valence-electron chi connectivity index (χ2n) is 2.91. The van der Waals surface area contributed by atoms with E-state index < -0.39 is 0 Å². The second-order valence-corrected chi connectivity index (χ2v) is 3.32.